The van der Waals surface area contributed by atoms with Gasteiger partial charge in [-0.05, 0) is 35.4 Å². The molecule has 0 aliphatic heterocycles. The molecule has 0 amide bonds. The fourth-order valence-electron chi connectivity index (χ4n) is 2.39. The Labute approximate surface area is 185 Å². The molecule has 0 saturated heterocycles. The fourth-order valence-corrected chi connectivity index (χ4v) is 2.79. The van der Waals surface area contributed by atoms with Crippen LogP contribution in [0.2, 0.25) is 0 Å². The number of rotatable bonds is 8. The first-order chi connectivity index (χ1) is 12.8. The molecule has 0 spiro atoms. The van der Waals surface area contributed by atoms with Crippen molar-refractivity contribution in [3.63, 3.8) is 0 Å². The number of ether oxygens (including phenoxy) is 4. The fraction of sp³-hybridized carbons (Fsp3) is 0.222. The van der Waals surface area contributed by atoms with Gasteiger partial charge in [0, 0.05) is 0 Å². The number of benzene rings is 2. The molecule has 2 aromatic rings. The number of hydrogen-bond donors (Lipinski definition) is 2. The van der Waals surface area contributed by atoms with Crippen molar-refractivity contribution >= 4 is 49.5 Å². The summed E-state index contributed by atoms with van der Waals surface area (Å²) in [5, 5.41) is 0. The Morgan fingerprint density at radius 3 is 1.71 bits per heavy atom. The van der Waals surface area contributed by atoms with E-state index < -0.39 is 7.82 Å². The third kappa shape index (κ3) is 6.44. The average Bonchev–Trinajstić information content (AvgIpc) is 2.64. The van der Waals surface area contributed by atoms with E-state index in [9.17, 15) is 4.57 Å². The number of phosphoric ester groups is 1. The van der Waals surface area contributed by atoms with Crippen LogP contribution in [0.1, 0.15) is 11.1 Å². The van der Waals surface area contributed by atoms with Crippen molar-refractivity contribution in [1.82, 2.24) is 0 Å². The zero-order valence-corrected chi connectivity index (χ0v) is 16.2. The van der Waals surface area contributed by atoms with E-state index in [-0.39, 0.29) is 41.1 Å². The number of phosphoric acid groups is 1. The second-order valence-electron chi connectivity index (χ2n) is 5.28. The van der Waals surface area contributed by atoms with Crippen molar-refractivity contribution in [1.29, 1.82) is 0 Å². The van der Waals surface area contributed by atoms with E-state index in [0.717, 1.165) is 5.56 Å². The Morgan fingerprint density at radius 1 is 0.750 bits per heavy atom. The Balaban J connectivity index is 0.00000392. The van der Waals surface area contributed by atoms with Gasteiger partial charge in [-0.1, -0.05) is 18.2 Å². The zero-order valence-electron chi connectivity index (χ0n) is 15.3. The van der Waals surface area contributed by atoms with Gasteiger partial charge < -0.3 is 23.5 Å². The first-order valence-corrected chi connectivity index (χ1v) is 9.25. The molecule has 0 heterocycles. The van der Waals surface area contributed by atoms with Crippen LogP contribution in [0, 0.1) is 0 Å². The van der Waals surface area contributed by atoms with Crippen molar-refractivity contribution in [2.24, 2.45) is 0 Å². The van der Waals surface area contributed by atoms with Gasteiger partial charge in [0.25, 0.3) is 0 Å². The summed E-state index contributed by atoms with van der Waals surface area (Å²) in [5.41, 5.74) is 1.42. The monoisotopic (exact) mass is 420 g/mol. The predicted molar refractivity (Wildman–Crippen MR) is 108 cm³/mol. The van der Waals surface area contributed by atoms with Crippen LogP contribution in [0.5, 0.6) is 28.7 Å². The van der Waals surface area contributed by atoms with E-state index in [1.165, 1.54) is 34.5 Å². The van der Waals surface area contributed by atoms with Crippen molar-refractivity contribution in [3.8, 4) is 28.7 Å². The molecule has 2 N–H and O–H groups in total. The first-order valence-electron chi connectivity index (χ1n) is 7.72. The van der Waals surface area contributed by atoms with Crippen LogP contribution in [0.15, 0.2) is 30.3 Å². The summed E-state index contributed by atoms with van der Waals surface area (Å²) in [7, 11) is 1.26. The molecule has 10 heteroatoms. The van der Waals surface area contributed by atoms with Crippen LogP contribution in [-0.2, 0) is 4.57 Å². The van der Waals surface area contributed by atoms with Gasteiger partial charge in [0.1, 0.15) is 0 Å². The van der Waals surface area contributed by atoms with E-state index in [2.05, 4.69) is 4.52 Å². The summed E-state index contributed by atoms with van der Waals surface area (Å²) in [6, 6.07) is 8.29. The summed E-state index contributed by atoms with van der Waals surface area (Å²) in [5.74, 6) is 1.66. The molecule has 0 saturated carbocycles. The molecule has 0 fully saturated rings. The Bertz CT molecular complexity index is 853. The van der Waals surface area contributed by atoms with Gasteiger partial charge in [-0.15, -0.1) is 0 Å². The minimum absolute atomic E-state index is 0. The van der Waals surface area contributed by atoms with Crippen molar-refractivity contribution in [2.45, 2.75) is 0 Å². The number of hydrogen-bond acceptors (Lipinski definition) is 6. The van der Waals surface area contributed by atoms with Crippen molar-refractivity contribution in [2.75, 3.05) is 28.4 Å². The molecule has 0 aromatic heterocycles. The van der Waals surface area contributed by atoms with Crippen molar-refractivity contribution in [3.05, 3.63) is 41.5 Å². The van der Waals surface area contributed by atoms with Gasteiger partial charge in [0.05, 0.1) is 28.4 Å². The summed E-state index contributed by atoms with van der Waals surface area (Å²) in [6.45, 7) is 0. The SMILES string of the molecule is COc1ccc(/C=C\c2cc(OC)c(OC)c(OC)c2)cc1OP(=O)(O)O.[NaH]. The summed E-state index contributed by atoms with van der Waals surface area (Å²) >= 11 is 0. The Hall–Kier alpha value is -1.67. The third-order valence-electron chi connectivity index (χ3n) is 3.56. The molecule has 8 nitrogen and oxygen atoms in total. The van der Waals surface area contributed by atoms with Crippen LogP contribution >= 0.6 is 7.82 Å². The molecule has 2 rings (SSSR count). The van der Waals surface area contributed by atoms with E-state index in [1.807, 2.05) is 0 Å². The van der Waals surface area contributed by atoms with Crippen LogP contribution in [-0.4, -0.2) is 67.8 Å². The molecule has 0 aliphatic rings. The first kappa shape index (κ1) is 24.4. The zero-order chi connectivity index (χ0) is 20.0. The molecule has 148 valence electrons. The van der Waals surface area contributed by atoms with Gasteiger partial charge in [-0.25, -0.2) is 4.57 Å². The molecular formula is C18H22NaO8P. The van der Waals surface area contributed by atoms with Crippen molar-refractivity contribution < 1.29 is 37.8 Å². The third-order valence-corrected chi connectivity index (χ3v) is 3.99. The van der Waals surface area contributed by atoms with Gasteiger partial charge in [0.15, 0.2) is 23.0 Å². The quantitative estimate of drug-likeness (QED) is 0.382. The second kappa shape index (κ2) is 10.8. The van der Waals surface area contributed by atoms with Gasteiger partial charge in [-0.3, -0.25) is 9.79 Å². The number of methoxy groups -OCH3 is 4. The topological polar surface area (TPSA) is 104 Å². The summed E-state index contributed by atoms with van der Waals surface area (Å²) in [6.07, 6.45) is 3.53. The van der Waals surface area contributed by atoms with Crippen LogP contribution in [0.3, 0.4) is 0 Å². The minimum atomic E-state index is -4.71. The van der Waals surface area contributed by atoms with E-state index in [4.69, 9.17) is 28.7 Å². The molecule has 2 aromatic carbocycles. The maximum atomic E-state index is 11.1. The van der Waals surface area contributed by atoms with Crippen LogP contribution < -0.4 is 23.5 Å². The maximum absolute atomic E-state index is 11.1. The summed E-state index contributed by atoms with van der Waals surface area (Å²) in [4.78, 5) is 18.1. The van der Waals surface area contributed by atoms with Crippen LogP contribution in [0.4, 0.5) is 0 Å². The molecule has 0 bridgehead atoms. The van der Waals surface area contributed by atoms with Gasteiger partial charge >= 0.3 is 37.4 Å². The molecule has 0 radical (unpaired) electrons. The molecule has 28 heavy (non-hydrogen) atoms. The standard InChI is InChI=1S/C18H21O8P.Na.H/c1-22-14-8-7-12(9-15(14)26-27(19,20)21)5-6-13-10-16(23-2)18(25-4)17(11-13)24-3;;/h5-11H,1-4H3,(H2,19,20,21);;/b6-5-;;. The molecule has 0 aliphatic carbocycles. The summed E-state index contributed by atoms with van der Waals surface area (Å²) < 4.78 is 36.8. The molecule has 0 unspecified atom stereocenters. The van der Waals surface area contributed by atoms with E-state index >= 15 is 0 Å². The predicted octanol–water partition coefficient (Wildman–Crippen LogP) is 2.71. The normalized spacial score (nSPS) is 10.9. The Kier molecular flexibility index (Phi) is 9.36. The van der Waals surface area contributed by atoms with E-state index in [0.29, 0.717) is 22.8 Å². The van der Waals surface area contributed by atoms with Gasteiger partial charge in [0.2, 0.25) is 5.75 Å². The molecule has 0 atom stereocenters. The van der Waals surface area contributed by atoms with E-state index in [1.54, 1.807) is 36.4 Å². The average molecular weight is 420 g/mol. The second-order valence-corrected chi connectivity index (χ2v) is 6.45. The molecular weight excluding hydrogens is 398 g/mol. The Morgan fingerprint density at radius 2 is 1.25 bits per heavy atom. The van der Waals surface area contributed by atoms with Crippen LogP contribution in [0.25, 0.3) is 12.2 Å². The van der Waals surface area contributed by atoms with Gasteiger partial charge in [-0.2, -0.15) is 0 Å².